The second-order valence-corrected chi connectivity index (χ2v) is 5.18. The molecule has 2 amide bonds. The molecule has 0 aliphatic carbocycles. The number of imide groups is 1. The zero-order valence-electron chi connectivity index (χ0n) is 14.0. The second-order valence-electron chi connectivity index (χ2n) is 5.18. The predicted molar refractivity (Wildman–Crippen MR) is 88.2 cm³/mol. The van der Waals surface area contributed by atoms with E-state index in [0.29, 0.717) is 34.8 Å². The summed E-state index contributed by atoms with van der Waals surface area (Å²) < 4.78 is 10.8. The summed E-state index contributed by atoms with van der Waals surface area (Å²) in [5.41, 5.74) is 1.36. The van der Waals surface area contributed by atoms with E-state index in [0.717, 1.165) is 4.90 Å². The summed E-state index contributed by atoms with van der Waals surface area (Å²) in [7, 11) is 2.90. The summed E-state index contributed by atoms with van der Waals surface area (Å²) in [6.07, 6.45) is 1.64. The molecule has 24 heavy (non-hydrogen) atoms. The molecule has 1 aliphatic rings. The van der Waals surface area contributed by atoms with Crippen LogP contribution in [0.15, 0.2) is 34.9 Å². The SMILES string of the molecule is CCOc1ccc(/C=C2/C(=O)N(C)C(=O)C(C#N)=C2C)cc1OC. The van der Waals surface area contributed by atoms with Crippen molar-refractivity contribution in [2.24, 2.45) is 0 Å². The molecule has 0 saturated heterocycles. The summed E-state index contributed by atoms with van der Waals surface area (Å²) in [5.74, 6) is 0.126. The van der Waals surface area contributed by atoms with E-state index in [9.17, 15) is 9.59 Å². The van der Waals surface area contributed by atoms with Gasteiger partial charge in [-0.3, -0.25) is 14.5 Å². The second kappa shape index (κ2) is 7.01. The van der Waals surface area contributed by atoms with Gasteiger partial charge in [-0.2, -0.15) is 5.26 Å². The van der Waals surface area contributed by atoms with Crippen molar-refractivity contribution in [1.29, 1.82) is 5.26 Å². The van der Waals surface area contributed by atoms with Crippen molar-refractivity contribution in [1.82, 2.24) is 4.90 Å². The van der Waals surface area contributed by atoms with Crippen molar-refractivity contribution >= 4 is 17.9 Å². The van der Waals surface area contributed by atoms with Gasteiger partial charge in [0.1, 0.15) is 11.6 Å². The number of hydrogen-bond donors (Lipinski definition) is 0. The van der Waals surface area contributed by atoms with E-state index < -0.39 is 11.8 Å². The highest BCUT2D eigenvalue weighted by molar-refractivity contribution is 6.19. The van der Waals surface area contributed by atoms with Gasteiger partial charge in [0.2, 0.25) is 0 Å². The number of nitrogens with zero attached hydrogens (tertiary/aromatic N) is 2. The fraction of sp³-hybridized carbons (Fsp3) is 0.278. The van der Waals surface area contributed by atoms with Crippen molar-refractivity contribution in [3.8, 4) is 17.6 Å². The highest BCUT2D eigenvalue weighted by Crippen LogP contribution is 2.31. The molecule has 0 aromatic heterocycles. The van der Waals surface area contributed by atoms with Gasteiger partial charge in [-0.15, -0.1) is 0 Å². The average molecular weight is 326 g/mol. The molecule has 0 N–H and O–H groups in total. The lowest BCUT2D eigenvalue weighted by Crippen LogP contribution is -2.39. The first kappa shape index (κ1) is 17.3. The molecule has 0 bridgehead atoms. The van der Waals surface area contributed by atoms with Crippen LogP contribution in [-0.4, -0.2) is 37.5 Å². The van der Waals surface area contributed by atoms with Gasteiger partial charge in [-0.25, -0.2) is 0 Å². The molecular weight excluding hydrogens is 308 g/mol. The topological polar surface area (TPSA) is 79.6 Å². The van der Waals surface area contributed by atoms with Crippen LogP contribution >= 0.6 is 0 Å². The standard InChI is InChI=1S/C18H18N2O4/c1-5-24-15-7-6-12(9-16(15)23-4)8-13-11(2)14(10-19)18(22)20(3)17(13)21/h6-9H,5H2,1-4H3/b13-8+. The summed E-state index contributed by atoms with van der Waals surface area (Å²) in [5, 5.41) is 9.17. The lowest BCUT2D eigenvalue weighted by Gasteiger charge is -2.23. The number of amides is 2. The lowest BCUT2D eigenvalue weighted by atomic mass is 9.94. The number of likely N-dealkylation sites (N-methyl/N-ethyl adjacent to an activating group) is 1. The van der Waals surface area contributed by atoms with Crippen LogP contribution in [0.4, 0.5) is 0 Å². The number of hydrogen-bond acceptors (Lipinski definition) is 5. The molecule has 0 spiro atoms. The normalized spacial score (nSPS) is 16.5. The fourth-order valence-corrected chi connectivity index (χ4v) is 2.41. The van der Waals surface area contributed by atoms with Crippen molar-refractivity contribution < 1.29 is 19.1 Å². The number of benzene rings is 1. The quantitative estimate of drug-likeness (QED) is 0.626. The van der Waals surface area contributed by atoms with Gasteiger partial charge in [0.05, 0.1) is 13.7 Å². The van der Waals surface area contributed by atoms with Crippen LogP contribution in [0.1, 0.15) is 19.4 Å². The van der Waals surface area contributed by atoms with Gasteiger partial charge in [0.15, 0.2) is 11.5 Å². The summed E-state index contributed by atoms with van der Waals surface area (Å²) in [6, 6.07) is 7.14. The maximum atomic E-state index is 12.4. The highest BCUT2D eigenvalue weighted by atomic mass is 16.5. The Morgan fingerprint density at radius 2 is 1.96 bits per heavy atom. The largest absolute Gasteiger partial charge is 0.493 e. The molecule has 6 heteroatoms. The number of rotatable bonds is 4. The van der Waals surface area contributed by atoms with Crippen LogP contribution in [0.3, 0.4) is 0 Å². The van der Waals surface area contributed by atoms with E-state index in [2.05, 4.69) is 0 Å². The molecule has 0 saturated carbocycles. The zero-order valence-corrected chi connectivity index (χ0v) is 14.0. The Morgan fingerprint density at radius 3 is 2.54 bits per heavy atom. The van der Waals surface area contributed by atoms with Crippen molar-refractivity contribution in [2.75, 3.05) is 20.8 Å². The third kappa shape index (κ3) is 3.01. The number of ether oxygens (including phenoxy) is 2. The molecule has 6 nitrogen and oxygen atoms in total. The zero-order chi connectivity index (χ0) is 17.9. The van der Waals surface area contributed by atoms with E-state index in [1.807, 2.05) is 13.0 Å². The highest BCUT2D eigenvalue weighted by Gasteiger charge is 2.32. The van der Waals surface area contributed by atoms with Crippen molar-refractivity contribution in [3.05, 3.63) is 40.5 Å². The van der Waals surface area contributed by atoms with E-state index in [-0.39, 0.29) is 5.57 Å². The Hall–Kier alpha value is -3.07. The first-order chi connectivity index (χ1) is 11.4. The number of nitriles is 1. The lowest BCUT2D eigenvalue weighted by molar-refractivity contribution is -0.138. The van der Waals surface area contributed by atoms with Crippen LogP contribution in [0, 0.1) is 11.3 Å². The van der Waals surface area contributed by atoms with Gasteiger partial charge >= 0.3 is 0 Å². The maximum absolute atomic E-state index is 12.4. The average Bonchev–Trinajstić information content (AvgIpc) is 2.58. The minimum Gasteiger partial charge on any atom is -0.493 e. The Bertz CT molecular complexity index is 800. The number of carbonyl (C=O) groups excluding carboxylic acids is 2. The molecule has 124 valence electrons. The molecule has 0 unspecified atom stereocenters. The van der Waals surface area contributed by atoms with Gasteiger partial charge in [0, 0.05) is 12.6 Å². The summed E-state index contributed by atoms with van der Waals surface area (Å²) in [4.78, 5) is 25.3. The van der Waals surface area contributed by atoms with Crippen LogP contribution in [0.5, 0.6) is 11.5 Å². The first-order valence-electron chi connectivity index (χ1n) is 7.40. The predicted octanol–water partition coefficient (Wildman–Crippen LogP) is 2.32. The van der Waals surface area contributed by atoms with Gasteiger partial charge in [-0.1, -0.05) is 6.07 Å². The first-order valence-corrected chi connectivity index (χ1v) is 7.40. The molecule has 0 radical (unpaired) electrons. The van der Waals surface area contributed by atoms with Crippen LogP contribution in [-0.2, 0) is 9.59 Å². The molecule has 0 atom stereocenters. The van der Waals surface area contributed by atoms with Gasteiger partial charge in [-0.05, 0) is 43.2 Å². The number of carbonyl (C=O) groups is 2. The van der Waals surface area contributed by atoms with E-state index in [1.54, 1.807) is 31.2 Å². The van der Waals surface area contributed by atoms with Gasteiger partial charge in [0.25, 0.3) is 11.8 Å². The Morgan fingerprint density at radius 1 is 1.25 bits per heavy atom. The van der Waals surface area contributed by atoms with Crippen LogP contribution in [0.2, 0.25) is 0 Å². The monoisotopic (exact) mass is 326 g/mol. The van der Waals surface area contributed by atoms with E-state index in [1.165, 1.54) is 14.2 Å². The third-order valence-electron chi connectivity index (χ3n) is 3.74. The molecule has 1 aromatic carbocycles. The molecule has 1 heterocycles. The molecule has 2 rings (SSSR count). The van der Waals surface area contributed by atoms with E-state index in [4.69, 9.17) is 14.7 Å². The Labute approximate surface area is 140 Å². The summed E-state index contributed by atoms with van der Waals surface area (Å²) >= 11 is 0. The maximum Gasteiger partial charge on any atom is 0.271 e. The Balaban J connectivity index is 2.54. The van der Waals surface area contributed by atoms with Gasteiger partial charge < -0.3 is 9.47 Å². The minimum atomic E-state index is -0.582. The van der Waals surface area contributed by atoms with Crippen LogP contribution in [0.25, 0.3) is 6.08 Å². The summed E-state index contributed by atoms with van der Waals surface area (Å²) in [6.45, 7) is 3.98. The molecule has 1 aliphatic heterocycles. The Kier molecular flexibility index (Phi) is 5.05. The molecular formula is C18H18N2O4. The molecule has 0 fully saturated rings. The third-order valence-corrected chi connectivity index (χ3v) is 3.74. The fourth-order valence-electron chi connectivity index (χ4n) is 2.41. The minimum absolute atomic E-state index is 0.0266. The van der Waals surface area contributed by atoms with Crippen LogP contribution < -0.4 is 9.47 Å². The van der Waals surface area contributed by atoms with E-state index >= 15 is 0 Å². The smallest absolute Gasteiger partial charge is 0.271 e. The molecule has 1 aromatic rings. The van der Waals surface area contributed by atoms with Crippen molar-refractivity contribution in [3.63, 3.8) is 0 Å². The van der Waals surface area contributed by atoms with Crippen molar-refractivity contribution in [2.45, 2.75) is 13.8 Å². The number of methoxy groups -OCH3 is 1.